The molecule has 1 aromatic rings. The van der Waals surface area contributed by atoms with E-state index in [-0.39, 0.29) is 24.2 Å². The summed E-state index contributed by atoms with van der Waals surface area (Å²) in [4.78, 5) is 26.1. The number of benzene rings is 1. The van der Waals surface area contributed by atoms with Crippen molar-refractivity contribution in [1.82, 2.24) is 10.2 Å². The van der Waals surface area contributed by atoms with Crippen LogP contribution in [0, 0.1) is 5.41 Å². The van der Waals surface area contributed by atoms with Gasteiger partial charge in [-0.3, -0.25) is 9.59 Å². The van der Waals surface area contributed by atoms with Gasteiger partial charge in [0.2, 0.25) is 11.8 Å². The van der Waals surface area contributed by atoms with Gasteiger partial charge in [0, 0.05) is 32.6 Å². The molecule has 140 valence electrons. The molecule has 0 atom stereocenters. The first-order chi connectivity index (χ1) is 11.5. The van der Waals surface area contributed by atoms with Crippen LogP contribution in [0.25, 0.3) is 0 Å². The molecule has 1 aliphatic rings. The second kappa shape index (κ2) is 9.78. The fourth-order valence-corrected chi connectivity index (χ4v) is 3.25. The Morgan fingerprint density at radius 1 is 1.28 bits per heavy atom. The number of likely N-dealkylation sites (tertiary alicyclic amines) is 1. The summed E-state index contributed by atoms with van der Waals surface area (Å²) in [6.45, 7) is 6.35. The molecule has 1 heterocycles. The molecule has 0 spiro atoms. The van der Waals surface area contributed by atoms with E-state index in [0.717, 1.165) is 36.9 Å². The minimum absolute atomic E-state index is 0. The van der Waals surface area contributed by atoms with Crippen LogP contribution in [0.2, 0.25) is 0 Å². The van der Waals surface area contributed by atoms with Gasteiger partial charge in [0.25, 0.3) is 0 Å². The minimum Gasteiger partial charge on any atom is -0.352 e. The first-order valence-corrected chi connectivity index (χ1v) is 8.88. The van der Waals surface area contributed by atoms with Gasteiger partial charge in [0.1, 0.15) is 0 Å². The third kappa shape index (κ3) is 5.19. The lowest BCUT2D eigenvalue weighted by atomic mass is 9.81. The summed E-state index contributed by atoms with van der Waals surface area (Å²) in [5, 5.41) is 3.02. The van der Waals surface area contributed by atoms with E-state index < -0.39 is 5.41 Å². The zero-order valence-electron chi connectivity index (χ0n) is 15.2. The van der Waals surface area contributed by atoms with Gasteiger partial charge >= 0.3 is 0 Å². The molecule has 0 aromatic heterocycles. The van der Waals surface area contributed by atoms with E-state index in [9.17, 15) is 9.59 Å². The van der Waals surface area contributed by atoms with Gasteiger partial charge in [-0.15, -0.1) is 12.4 Å². The van der Waals surface area contributed by atoms with Crippen molar-refractivity contribution >= 4 is 24.2 Å². The number of carbonyl (C=O) groups excluding carboxylic acids is 2. The number of hydrogen-bond acceptors (Lipinski definition) is 3. The quantitative estimate of drug-likeness (QED) is 0.741. The molecule has 1 aliphatic heterocycles. The fraction of sp³-hybridized carbons (Fsp3) is 0.579. The number of halogens is 1. The summed E-state index contributed by atoms with van der Waals surface area (Å²) >= 11 is 0. The topological polar surface area (TPSA) is 75.4 Å². The largest absolute Gasteiger partial charge is 0.352 e. The minimum atomic E-state index is -0.473. The van der Waals surface area contributed by atoms with E-state index in [1.807, 2.05) is 36.9 Å². The van der Waals surface area contributed by atoms with Crippen molar-refractivity contribution in [3.63, 3.8) is 0 Å². The van der Waals surface area contributed by atoms with Gasteiger partial charge in [-0.2, -0.15) is 0 Å². The smallest absolute Gasteiger partial charge is 0.227 e. The number of rotatable bonds is 8. The van der Waals surface area contributed by atoms with Crippen LogP contribution in [0.4, 0.5) is 0 Å². The van der Waals surface area contributed by atoms with Crippen LogP contribution in [-0.2, 0) is 22.7 Å². The molecule has 1 fully saturated rings. The second-order valence-corrected chi connectivity index (χ2v) is 6.61. The highest BCUT2D eigenvalue weighted by Crippen LogP contribution is 2.25. The number of nitrogens with two attached hydrogens (primary N) is 1. The molecule has 3 N–H and O–H groups in total. The predicted molar refractivity (Wildman–Crippen MR) is 102 cm³/mol. The van der Waals surface area contributed by atoms with E-state index in [2.05, 4.69) is 11.4 Å². The predicted octanol–water partition coefficient (Wildman–Crippen LogP) is 2.61. The second-order valence-electron chi connectivity index (χ2n) is 6.61. The lowest BCUT2D eigenvalue weighted by molar-refractivity contribution is -0.131. The van der Waals surface area contributed by atoms with Crippen LogP contribution < -0.4 is 11.1 Å². The summed E-state index contributed by atoms with van der Waals surface area (Å²) in [7, 11) is 0. The van der Waals surface area contributed by atoms with Gasteiger partial charge < -0.3 is 16.0 Å². The van der Waals surface area contributed by atoms with Crippen LogP contribution in [-0.4, -0.2) is 29.8 Å². The third-order valence-corrected chi connectivity index (χ3v) is 5.22. The number of nitrogens with one attached hydrogen (secondary N) is 1. The Balaban J connectivity index is 0.00000312. The van der Waals surface area contributed by atoms with Gasteiger partial charge in [0.05, 0.1) is 5.41 Å². The molecule has 2 rings (SSSR count). The first-order valence-electron chi connectivity index (χ1n) is 8.88. The van der Waals surface area contributed by atoms with E-state index in [0.29, 0.717) is 26.1 Å². The van der Waals surface area contributed by atoms with E-state index >= 15 is 0 Å². The number of nitrogens with zero attached hydrogens (tertiary/aromatic N) is 1. The molecule has 1 saturated heterocycles. The number of hydrogen-bond donors (Lipinski definition) is 2. The van der Waals surface area contributed by atoms with Crippen molar-refractivity contribution in [1.29, 1.82) is 0 Å². The highest BCUT2D eigenvalue weighted by atomic mass is 35.5. The van der Waals surface area contributed by atoms with E-state index in [1.165, 1.54) is 0 Å². The van der Waals surface area contributed by atoms with Crippen molar-refractivity contribution in [3.05, 3.63) is 35.4 Å². The normalized spacial score (nSPS) is 14.4. The molecular weight excluding hydrogens is 338 g/mol. The van der Waals surface area contributed by atoms with Gasteiger partial charge in [-0.1, -0.05) is 38.1 Å². The Labute approximate surface area is 156 Å². The molecule has 1 aromatic carbocycles. The van der Waals surface area contributed by atoms with Crippen LogP contribution in [0.15, 0.2) is 24.3 Å². The van der Waals surface area contributed by atoms with Crippen molar-refractivity contribution < 1.29 is 9.59 Å². The molecule has 0 radical (unpaired) electrons. The molecule has 6 heteroatoms. The Hall–Kier alpha value is -1.59. The summed E-state index contributed by atoms with van der Waals surface area (Å²) in [5.41, 5.74) is 7.51. The average Bonchev–Trinajstić information content (AvgIpc) is 3.00. The lowest BCUT2D eigenvalue weighted by Gasteiger charge is -2.28. The van der Waals surface area contributed by atoms with Crippen molar-refractivity contribution in [2.24, 2.45) is 11.1 Å². The molecule has 2 amide bonds. The maximum absolute atomic E-state index is 12.5. The van der Waals surface area contributed by atoms with Crippen LogP contribution >= 0.6 is 12.4 Å². The highest BCUT2D eigenvalue weighted by Gasteiger charge is 2.32. The van der Waals surface area contributed by atoms with E-state index in [4.69, 9.17) is 5.73 Å². The van der Waals surface area contributed by atoms with Crippen molar-refractivity contribution in [3.8, 4) is 0 Å². The molecule has 0 saturated carbocycles. The first kappa shape index (κ1) is 21.5. The Bertz CT molecular complexity index is 580. The molecule has 0 aliphatic carbocycles. The Morgan fingerprint density at radius 2 is 1.96 bits per heavy atom. The average molecular weight is 368 g/mol. The fourth-order valence-electron chi connectivity index (χ4n) is 3.25. The molecular formula is C19H30ClN3O2. The summed E-state index contributed by atoms with van der Waals surface area (Å²) in [5.74, 6) is 0.252. The maximum Gasteiger partial charge on any atom is 0.227 e. The molecule has 0 bridgehead atoms. The summed E-state index contributed by atoms with van der Waals surface area (Å²) in [6, 6.07) is 8.07. The number of amides is 2. The van der Waals surface area contributed by atoms with Gasteiger partial charge in [-0.05, 0) is 30.4 Å². The zero-order valence-corrected chi connectivity index (χ0v) is 16.0. The van der Waals surface area contributed by atoms with E-state index in [1.54, 1.807) is 0 Å². The molecule has 0 unspecified atom stereocenters. The molecule has 5 nitrogen and oxygen atoms in total. The third-order valence-electron chi connectivity index (χ3n) is 5.22. The molecule has 25 heavy (non-hydrogen) atoms. The Morgan fingerprint density at radius 3 is 2.52 bits per heavy atom. The summed E-state index contributed by atoms with van der Waals surface area (Å²) in [6.07, 6.45) is 3.08. The SMILES string of the molecule is CCC(CC)(CN)C(=O)NCc1cccc(CN2CCCC2=O)c1.Cl. The van der Waals surface area contributed by atoms with Crippen molar-refractivity contribution in [2.45, 2.75) is 52.6 Å². The van der Waals surface area contributed by atoms with Crippen LogP contribution in [0.5, 0.6) is 0 Å². The van der Waals surface area contributed by atoms with Crippen LogP contribution in [0.1, 0.15) is 50.7 Å². The van der Waals surface area contributed by atoms with Gasteiger partial charge in [-0.25, -0.2) is 0 Å². The summed E-state index contributed by atoms with van der Waals surface area (Å²) < 4.78 is 0. The monoisotopic (exact) mass is 367 g/mol. The zero-order chi connectivity index (χ0) is 17.6. The lowest BCUT2D eigenvalue weighted by Crippen LogP contribution is -2.45. The number of carbonyl (C=O) groups is 2. The van der Waals surface area contributed by atoms with Gasteiger partial charge in [0.15, 0.2) is 0 Å². The Kier molecular flexibility index (Phi) is 8.39. The van der Waals surface area contributed by atoms with Crippen LogP contribution in [0.3, 0.4) is 0 Å². The highest BCUT2D eigenvalue weighted by molar-refractivity contribution is 5.85. The maximum atomic E-state index is 12.5. The standard InChI is InChI=1S/C19H29N3O2.ClH/c1-3-19(4-2,14-20)18(24)21-12-15-7-5-8-16(11-15)13-22-10-6-9-17(22)23;/h5,7-8,11H,3-4,6,9-10,12-14,20H2,1-2H3,(H,21,24);1H. The van der Waals surface area contributed by atoms with Crippen molar-refractivity contribution in [2.75, 3.05) is 13.1 Å².